The largest absolute Gasteiger partial charge is 0.518 e. The minimum Gasteiger partial charge on any atom is -0.518 e. The molecule has 1 aliphatic rings. The molecule has 0 saturated heterocycles. The summed E-state index contributed by atoms with van der Waals surface area (Å²) in [6, 6.07) is 7.42. The van der Waals surface area contributed by atoms with E-state index in [1.54, 1.807) is 50.0 Å². The summed E-state index contributed by atoms with van der Waals surface area (Å²) in [7, 11) is -2.41. The number of anilines is 1. The Balaban J connectivity index is 1.50. The molecular weight excluding hydrogens is 678 g/mol. The van der Waals surface area contributed by atoms with Crippen LogP contribution in [0.4, 0.5) is 5.69 Å². The summed E-state index contributed by atoms with van der Waals surface area (Å²) in [4.78, 5) is 83.1. The normalized spacial score (nSPS) is 14.8. The summed E-state index contributed by atoms with van der Waals surface area (Å²) in [5.74, 6) is -1.82. The molecule has 0 saturated carbocycles. The van der Waals surface area contributed by atoms with Gasteiger partial charge in [-0.1, -0.05) is 5.92 Å². The first kappa shape index (κ1) is 38.3. The highest BCUT2D eigenvalue weighted by Crippen LogP contribution is 2.39. The number of H-pyrrole nitrogens is 1. The second-order valence-electron chi connectivity index (χ2n) is 13.2. The first-order valence-electron chi connectivity index (χ1n) is 16.3. The van der Waals surface area contributed by atoms with Crippen LogP contribution in [0.1, 0.15) is 65.5 Å². The number of benzene rings is 2. The van der Waals surface area contributed by atoms with Gasteiger partial charge in [0.25, 0.3) is 11.5 Å². The lowest BCUT2D eigenvalue weighted by molar-refractivity contribution is -0.143. The lowest BCUT2D eigenvalue weighted by Crippen LogP contribution is -2.46. The van der Waals surface area contributed by atoms with Gasteiger partial charge >= 0.3 is 17.9 Å². The van der Waals surface area contributed by atoms with Crippen LogP contribution < -0.4 is 21.1 Å². The lowest BCUT2D eigenvalue weighted by atomic mass is 10.0. The van der Waals surface area contributed by atoms with Crippen LogP contribution in [0.2, 0.25) is 19.6 Å². The number of aryl methyl sites for hydroxylation is 1. The first-order valence-corrected chi connectivity index (χ1v) is 19.8. The molecule has 16 heteroatoms. The molecule has 0 spiro atoms. The maximum atomic E-state index is 13.4. The van der Waals surface area contributed by atoms with Gasteiger partial charge in [0.15, 0.2) is 0 Å². The number of aromatic amines is 1. The van der Waals surface area contributed by atoms with Gasteiger partial charge in [-0.05, 0) is 92.8 Å². The van der Waals surface area contributed by atoms with Gasteiger partial charge in [0, 0.05) is 24.1 Å². The predicted octanol–water partition coefficient (Wildman–Crippen LogP) is 2.23. The number of carbonyl (C=O) groups is 5. The number of carboxylic acids is 2. The van der Waals surface area contributed by atoms with Crippen molar-refractivity contribution in [2.24, 2.45) is 0 Å². The number of hydrogen-bond acceptors (Lipinski definition) is 10. The van der Waals surface area contributed by atoms with Crippen LogP contribution in [-0.4, -0.2) is 82.0 Å². The molecule has 1 aliphatic carbocycles. The first-order chi connectivity index (χ1) is 24.1. The molecule has 15 nitrogen and oxygen atoms in total. The quantitative estimate of drug-likeness (QED) is 0.0926. The summed E-state index contributed by atoms with van der Waals surface area (Å²) in [5.41, 5.74) is 3.00. The number of terminal acetylenes is 1. The molecule has 0 aliphatic heterocycles. The van der Waals surface area contributed by atoms with Crippen molar-refractivity contribution in [3.8, 4) is 12.3 Å². The molecule has 6 N–H and O–H groups in total. The number of carboxylic acid groups (broad SMARTS) is 2. The topological polar surface area (TPSA) is 228 Å². The van der Waals surface area contributed by atoms with Crippen LogP contribution >= 0.6 is 0 Å². The summed E-state index contributed by atoms with van der Waals surface area (Å²) < 4.78 is 5.59. The number of hydrogen-bond donors (Lipinski definition) is 6. The van der Waals surface area contributed by atoms with Gasteiger partial charge in [-0.2, -0.15) is 0 Å². The van der Waals surface area contributed by atoms with Crippen molar-refractivity contribution < 1.29 is 43.7 Å². The van der Waals surface area contributed by atoms with Crippen molar-refractivity contribution in [2.75, 3.05) is 11.4 Å². The van der Waals surface area contributed by atoms with Crippen molar-refractivity contribution >= 4 is 54.6 Å². The number of fused-ring (bicyclic) bond motifs is 2. The van der Waals surface area contributed by atoms with Crippen LogP contribution in [0.3, 0.4) is 0 Å². The SMILES string of the molecule is C#CCN(c1ccc(C(=O)N[C@@H](CCC(=O)NC(CCC(=O)O)C(=O)O)C(=O)O[Si](C)(C)C)cc1)[C@H]1CCc2cc3nc(CO)[nH]c(=O)c3cc21. The molecule has 0 fully saturated rings. The second-order valence-corrected chi connectivity index (χ2v) is 17.6. The van der Waals surface area contributed by atoms with Crippen molar-refractivity contribution in [3.63, 3.8) is 0 Å². The Hall–Kier alpha value is -5.53. The van der Waals surface area contributed by atoms with Crippen molar-refractivity contribution in [2.45, 2.75) is 82.9 Å². The second kappa shape index (κ2) is 16.4. The molecule has 3 aromatic rings. The van der Waals surface area contributed by atoms with Gasteiger partial charge in [-0.25, -0.2) is 9.78 Å². The molecule has 0 bridgehead atoms. The lowest BCUT2D eigenvalue weighted by Gasteiger charge is -2.30. The van der Waals surface area contributed by atoms with E-state index in [1.165, 1.54) is 0 Å². The highest BCUT2D eigenvalue weighted by Gasteiger charge is 2.31. The number of amides is 2. The highest BCUT2D eigenvalue weighted by atomic mass is 28.4. The fourth-order valence-electron chi connectivity index (χ4n) is 5.88. The smallest absolute Gasteiger partial charge is 0.326 e. The molecule has 270 valence electrons. The molecule has 4 rings (SSSR count). The van der Waals surface area contributed by atoms with Crippen LogP contribution in [0.5, 0.6) is 0 Å². The van der Waals surface area contributed by atoms with E-state index in [1.807, 2.05) is 11.0 Å². The third-order valence-electron chi connectivity index (χ3n) is 8.25. The van der Waals surface area contributed by atoms with E-state index in [0.717, 1.165) is 11.1 Å². The fraction of sp³-hybridized carbons (Fsp3) is 0.400. The molecule has 51 heavy (non-hydrogen) atoms. The van der Waals surface area contributed by atoms with Gasteiger partial charge in [0.05, 0.1) is 23.5 Å². The number of nitrogens with one attached hydrogen (secondary N) is 3. The van der Waals surface area contributed by atoms with Gasteiger partial charge < -0.3 is 40.3 Å². The maximum Gasteiger partial charge on any atom is 0.326 e. The number of aliphatic carboxylic acids is 2. The molecule has 2 amide bonds. The van der Waals surface area contributed by atoms with Crippen LogP contribution in [0, 0.1) is 12.3 Å². The zero-order valence-corrected chi connectivity index (χ0v) is 29.5. The third-order valence-corrected chi connectivity index (χ3v) is 9.06. The highest BCUT2D eigenvalue weighted by molar-refractivity contribution is 6.71. The Morgan fingerprint density at radius 2 is 1.75 bits per heavy atom. The van der Waals surface area contributed by atoms with Crippen LogP contribution in [0.25, 0.3) is 10.9 Å². The van der Waals surface area contributed by atoms with E-state index < -0.39 is 56.5 Å². The minimum absolute atomic E-state index is 0.172. The van der Waals surface area contributed by atoms with Crippen LogP contribution in [0.15, 0.2) is 41.2 Å². The van der Waals surface area contributed by atoms with Crippen molar-refractivity contribution in [1.82, 2.24) is 20.6 Å². The summed E-state index contributed by atoms with van der Waals surface area (Å²) >= 11 is 0. The minimum atomic E-state index is -2.41. The number of nitrogens with zero attached hydrogens (tertiary/aromatic N) is 2. The van der Waals surface area contributed by atoms with E-state index in [9.17, 15) is 39.0 Å². The molecule has 1 heterocycles. The molecule has 1 unspecified atom stereocenters. The van der Waals surface area contributed by atoms with Crippen molar-refractivity contribution in [1.29, 1.82) is 0 Å². The Morgan fingerprint density at radius 1 is 1.06 bits per heavy atom. The van der Waals surface area contributed by atoms with E-state index in [0.29, 0.717) is 29.4 Å². The van der Waals surface area contributed by atoms with Crippen LogP contribution in [-0.2, 0) is 36.6 Å². The standard InChI is InChI=1S/C35H41N5O10Si/c1-5-16-40(28-13-8-21-17-27-24(18-23(21)28)33(46)39-29(19-41)36-27)22-9-6-20(7-10-22)32(45)38-26(35(49)50-51(2,3)4)11-14-30(42)37-25(34(47)48)12-15-31(43)44/h1,6-7,9-10,17-18,25-26,28,41H,8,11-16,19H2,2-4H3,(H,37,42)(H,38,45)(H,43,44)(H,47,48)(H,36,39,46)/t25?,26-,28-/m0/s1. The van der Waals surface area contributed by atoms with Crippen molar-refractivity contribution in [3.05, 3.63) is 69.3 Å². The van der Waals surface area contributed by atoms with E-state index >= 15 is 0 Å². The van der Waals surface area contributed by atoms with E-state index in [-0.39, 0.29) is 55.4 Å². The number of aliphatic hydroxyl groups is 1. The predicted molar refractivity (Wildman–Crippen MR) is 188 cm³/mol. The average Bonchev–Trinajstić information content (AvgIpc) is 3.47. The molecule has 3 atom stereocenters. The fourth-order valence-corrected chi connectivity index (χ4v) is 6.63. The zero-order chi connectivity index (χ0) is 37.5. The zero-order valence-electron chi connectivity index (χ0n) is 28.5. The summed E-state index contributed by atoms with van der Waals surface area (Å²) in [6.45, 7) is 5.19. The van der Waals surface area contributed by atoms with Gasteiger partial charge in [0.2, 0.25) is 14.2 Å². The summed E-state index contributed by atoms with van der Waals surface area (Å²) in [6.07, 6.45) is 5.85. The van der Waals surface area contributed by atoms with Gasteiger partial charge in [0.1, 0.15) is 24.5 Å². The Labute approximate surface area is 294 Å². The number of aliphatic hydroxyl groups excluding tert-OH is 1. The van der Waals surface area contributed by atoms with E-state index in [2.05, 4.69) is 26.5 Å². The van der Waals surface area contributed by atoms with Gasteiger partial charge in [-0.3, -0.25) is 24.0 Å². The number of aromatic nitrogens is 2. The number of carbonyl (C=O) groups excluding carboxylic acids is 3. The van der Waals surface area contributed by atoms with E-state index in [4.69, 9.17) is 16.0 Å². The molecular formula is C35H41N5O10Si. The average molecular weight is 720 g/mol. The third kappa shape index (κ3) is 10.0. The molecule has 1 aromatic heterocycles. The Bertz CT molecular complexity index is 1920. The van der Waals surface area contributed by atoms with Gasteiger partial charge in [-0.15, -0.1) is 6.42 Å². The maximum absolute atomic E-state index is 13.4. The monoisotopic (exact) mass is 719 g/mol. The molecule has 0 radical (unpaired) electrons. The Morgan fingerprint density at radius 3 is 2.35 bits per heavy atom. The number of rotatable bonds is 16. The Kier molecular flexibility index (Phi) is 12.3. The summed E-state index contributed by atoms with van der Waals surface area (Å²) in [5, 5.41) is 33.0. The molecule has 2 aromatic carbocycles.